The Morgan fingerprint density at radius 1 is 1.29 bits per heavy atom. The molecule has 0 radical (unpaired) electrons. The van der Waals surface area contributed by atoms with Crippen LogP contribution in [-0.4, -0.2) is 36.8 Å². The van der Waals surface area contributed by atoms with Crippen LogP contribution in [0.15, 0.2) is 40.8 Å². The molecule has 0 fully saturated rings. The van der Waals surface area contributed by atoms with E-state index in [1.807, 2.05) is 43.6 Å². The van der Waals surface area contributed by atoms with Crippen molar-refractivity contribution in [2.75, 3.05) is 6.54 Å². The zero-order chi connectivity index (χ0) is 22.0. The molecule has 0 aliphatic carbocycles. The highest BCUT2D eigenvalue weighted by Crippen LogP contribution is 2.30. The lowest BCUT2D eigenvalue weighted by Gasteiger charge is -2.08. The van der Waals surface area contributed by atoms with Gasteiger partial charge in [-0.2, -0.15) is 5.10 Å². The molecule has 0 saturated heterocycles. The van der Waals surface area contributed by atoms with E-state index in [2.05, 4.69) is 20.5 Å². The molecule has 0 aliphatic rings. The third-order valence-electron chi connectivity index (χ3n) is 5.15. The van der Waals surface area contributed by atoms with Crippen LogP contribution in [0.5, 0.6) is 0 Å². The van der Waals surface area contributed by atoms with Crippen molar-refractivity contribution in [3.8, 4) is 11.1 Å². The van der Waals surface area contributed by atoms with Gasteiger partial charge in [0, 0.05) is 43.9 Å². The summed E-state index contributed by atoms with van der Waals surface area (Å²) in [7, 11) is 1.83. The number of aromatic nitrogens is 5. The number of hydrogen-bond donors (Lipinski definition) is 2. The molecule has 3 aromatic heterocycles. The monoisotopic (exact) mass is 454 g/mol. The highest BCUT2D eigenvalue weighted by atomic mass is 32.1. The van der Waals surface area contributed by atoms with Gasteiger partial charge in [-0.25, -0.2) is 4.98 Å². The molecule has 0 bridgehead atoms. The summed E-state index contributed by atoms with van der Waals surface area (Å²) < 4.78 is 3.82. The molecule has 10 heteroatoms. The summed E-state index contributed by atoms with van der Waals surface area (Å²) in [6.45, 7) is 2.74. The van der Waals surface area contributed by atoms with Gasteiger partial charge in [0.15, 0.2) is 4.77 Å². The molecule has 1 aromatic carbocycles. The third-order valence-corrected chi connectivity index (χ3v) is 6.40. The molecule has 8 nitrogen and oxygen atoms in total. The van der Waals surface area contributed by atoms with Crippen molar-refractivity contribution < 1.29 is 4.79 Å². The number of aromatic amines is 1. The highest BCUT2D eigenvalue weighted by molar-refractivity contribution is 7.71. The van der Waals surface area contributed by atoms with E-state index in [1.165, 1.54) is 22.2 Å². The van der Waals surface area contributed by atoms with Crippen molar-refractivity contribution in [3.05, 3.63) is 62.5 Å². The second-order valence-electron chi connectivity index (χ2n) is 7.29. The topological polar surface area (TPSA) is 97.6 Å². The Hall–Kier alpha value is -3.11. The number of aryl methyl sites for hydroxylation is 2. The predicted molar refractivity (Wildman–Crippen MR) is 124 cm³/mol. The molecule has 3 heterocycles. The number of amides is 1. The van der Waals surface area contributed by atoms with Crippen LogP contribution in [0.25, 0.3) is 21.3 Å². The molecule has 0 saturated carbocycles. The Morgan fingerprint density at radius 2 is 2.06 bits per heavy atom. The Balaban J connectivity index is 1.43. The van der Waals surface area contributed by atoms with E-state index < -0.39 is 0 Å². The molecule has 2 N–H and O–H groups in total. The fourth-order valence-corrected chi connectivity index (χ4v) is 4.36. The number of benzene rings is 1. The van der Waals surface area contributed by atoms with E-state index in [0.717, 1.165) is 22.5 Å². The normalized spacial score (nSPS) is 11.2. The summed E-state index contributed by atoms with van der Waals surface area (Å²) in [5, 5.41) is 12.3. The number of rotatable bonds is 7. The Labute approximate surface area is 187 Å². The van der Waals surface area contributed by atoms with Crippen LogP contribution < -0.4 is 10.9 Å². The van der Waals surface area contributed by atoms with Crippen molar-refractivity contribution in [1.29, 1.82) is 0 Å². The minimum atomic E-state index is -0.132. The van der Waals surface area contributed by atoms with Crippen LogP contribution in [0, 0.1) is 11.7 Å². The van der Waals surface area contributed by atoms with E-state index in [4.69, 9.17) is 12.2 Å². The van der Waals surface area contributed by atoms with Gasteiger partial charge in [0.2, 0.25) is 5.91 Å². The molecular weight excluding hydrogens is 432 g/mol. The molecule has 1 amide bonds. The van der Waals surface area contributed by atoms with Crippen LogP contribution in [-0.2, 0) is 24.8 Å². The first-order chi connectivity index (χ1) is 14.9. The van der Waals surface area contributed by atoms with Gasteiger partial charge in [-0.15, -0.1) is 11.3 Å². The summed E-state index contributed by atoms with van der Waals surface area (Å²) >= 11 is 6.53. The van der Waals surface area contributed by atoms with Crippen molar-refractivity contribution in [2.45, 2.75) is 26.3 Å². The lowest BCUT2D eigenvalue weighted by atomic mass is 10.1. The van der Waals surface area contributed by atoms with Gasteiger partial charge in [0.05, 0.1) is 11.7 Å². The van der Waals surface area contributed by atoms with Gasteiger partial charge in [-0.3, -0.25) is 19.3 Å². The quantitative estimate of drug-likeness (QED) is 0.419. The highest BCUT2D eigenvalue weighted by Gasteiger charge is 2.14. The summed E-state index contributed by atoms with van der Waals surface area (Å²) in [5.41, 5.74) is 2.90. The Kier molecular flexibility index (Phi) is 6.10. The molecule has 4 aromatic rings. The Morgan fingerprint density at radius 3 is 2.77 bits per heavy atom. The van der Waals surface area contributed by atoms with Gasteiger partial charge < -0.3 is 9.88 Å². The molecule has 0 aliphatic heterocycles. The van der Waals surface area contributed by atoms with Crippen LogP contribution in [0.4, 0.5) is 0 Å². The summed E-state index contributed by atoms with van der Waals surface area (Å²) in [6.07, 6.45) is 2.27. The lowest BCUT2D eigenvalue weighted by Crippen LogP contribution is -2.29. The van der Waals surface area contributed by atoms with E-state index in [-0.39, 0.29) is 24.4 Å². The number of nitrogens with one attached hydrogen (secondary N) is 2. The smallest absolute Gasteiger partial charge is 0.262 e. The number of H-pyrrole nitrogens is 1. The van der Waals surface area contributed by atoms with Gasteiger partial charge >= 0.3 is 0 Å². The van der Waals surface area contributed by atoms with Crippen LogP contribution in [0.1, 0.15) is 17.8 Å². The molecule has 160 valence electrons. The number of hydrogen-bond acceptors (Lipinski definition) is 6. The SMILES string of the molecule is Cc1ccc(-c2csc3ncn(CCC(=O)NCCc4n[nH]c(=S)n4C)c(=O)c23)cc1. The maximum absolute atomic E-state index is 13.1. The summed E-state index contributed by atoms with van der Waals surface area (Å²) in [6, 6.07) is 8.07. The lowest BCUT2D eigenvalue weighted by molar-refractivity contribution is -0.121. The van der Waals surface area contributed by atoms with E-state index in [0.29, 0.717) is 28.0 Å². The van der Waals surface area contributed by atoms with Crippen molar-refractivity contribution in [3.63, 3.8) is 0 Å². The van der Waals surface area contributed by atoms with E-state index in [9.17, 15) is 9.59 Å². The molecule has 0 unspecified atom stereocenters. The second-order valence-corrected chi connectivity index (χ2v) is 8.54. The maximum atomic E-state index is 13.1. The largest absolute Gasteiger partial charge is 0.356 e. The van der Waals surface area contributed by atoms with E-state index >= 15 is 0 Å². The minimum Gasteiger partial charge on any atom is -0.356 e. The van der Waals surface area contributed by atoms with Gasteiger partial charge in [-0.1, -0.05) is 29.8 Å². The zero-order valence-corrected chi connectivity index (χ0v) is 18.8. The minimum absolute atomic E-state index is 0.129. The first kappa shape index (κ1) is 21.1. The third kappa shape index (κ3) is 4.49. The second kappa shape index (κ2) is 8.94. The van der Waals surface area contributed by atoms with Crippen LogP contribution >= 0.6 is 23.6 Å². The number of fused-ring (bicyclic) bond motifs is 1. The van der Waals surface area contributed by atoms with Crippen LogP contribution in [0.2, 0.25) is 0 Å². The average molecular weight is 455 g/mol. The fraction of sp³-hybridized carbons (Fsp3) is 0.286. The average Bonchev–Trinajstić information content (AvgIpc) is 3.33. The summed E-state index contributed by atoms with van der Waals surface area (Å²) in [5.74, 6) is 0.644. The molecular formula is C21H22N6O2S2. The van der Waals surface area contributed by atoms with Gasteiger partial charge in [0.25, 0.3) is 5.56 Å². The van der Waals surface area contributed by atoms with Crippen molar-refractivity contribution in [1.82, 2.24) is 29.6 Å². The predicted octanol–water partition coefficient (Wildman–Crippen LogP) is 2.97. The first-order valence-corrected chi connectivity index (χ1v) is 11.1. The number of carbonyl (C=O) groups excluding carboxylic acids is 1. The fourth-order valence-electron chi connectivity index (χ4n) is 3.30. The maximum Gasteiger partial charge on any atom is 0.262 e. The van der Waals surface area contributed by atoms with E-state index in [1.54, 1.807) is 4.57 Å². The van der Waals surface area contributed by atoms with Gasteiger partial charge in [0.1, 0.15) is 10.7 Å². The zero-order valence-electron chi connectivity index (χ0n) is 17.2. The molecule has 31 heavy (non-hydrogen) atoms. The molecule has 4 rings (SSSR count). The van der Waals surface area contributed by atoms with Crippen LogP contribution in [0.3, 0.4) is 0 Å². The number of carbonyl (C=O) groups is 1. The molecule has 0 spiro atoms. The van der Waals surface area contributed by atoms with Gasteiger partial charge in [-0.05, 0) is 24.7 Å². The number of nitrogens with zero attached hydrogens (tertiary/aromatic N) is 4. The standard InChI is InChI=1S/C21H22N6O2S2/c1-13-3-5-14(6-4-13)15-11-31-19-18(15)20(29)27(12-23-19)10-8-17(28)22-9-7-16-24-25-21(30)26(16)2/h3-6,11-12H,7-10H2,1-2H3,(H,22,28)(H,25,30). The first-order valence-electron chi connectivity index (χ1n) is 9.84. The van der Waals surface area contributed by atoms with Crippen molar-refractivity contribution in [2.24, 2.45) is 7.05 Å². The number of thiophene rings is 1. The molecule has 0 atom stereocenters. The summed E-state index contributed by atoms with van der Waals surface area (Å²) in [4.78, 5) is 30.4. The Bertz CT molecular complexity index is 1350. The van der Waals surface area contributed by atoms with Crippen molar-refractivity contribution >= 4 is 39.7 Å².